The summed E-state index contributed by atoms with van der Waals surface area (Å²) in [5, 5.41) is 6.76. The summed E-state index contributed by atoms with van der Waals surface area (Å²) >= 11 is 12.0. The van der Waals surface area contributed by atoms with E-state index < -0.39 is 0 Å². The molecule has 0 aliphatic carbocycles. The van der Waals surface area contributed by atoms with Gasteiger partial charge in [-0.25, -0.2) is 0 Å². The summed E-state index contributed by atoms with van der Waals surface area (Å²) in [6.45, 7) is 1.93. The van der Waals surface area contributed by atoms with Gasteiger partial charge in [-0.1, -0.05) is 29.3 Å². The third-order valence-corrected chi connectivity index (χ3v) is 3.43. The van der Waals surface area contributed by atoms with Crippen molar-refractivity contribution in [2.24, 2.45) is 0 Å². The fourth-order valence-electron chi connectivity index (χ4n) is 1.85. The van der Waals surface area contributed by atoms with Crippen molar-refractivity contribution >= 4 is 40.5 Å². The lowest BCUT2D eigenvalue weighted by Crippen LogP contribution is -2.14. The second kappa shape index (κ2) is 6.16. The van der Waals surface area contributed by atoms with Gasteiger partial charge >= 0.3 is 0 Å². The maximum absolute atomic E-state index is 12.3. The maximum Gasteiger partial charge on any atom is 0.257 e. The molecule has 3 nitrogen and oxygen atoms in total. The van der Waals surface area contributed by atoms with E-state index in [1.807, 2.05) is 19.1 Å². The van der Waals surface area contributed by atoms with Gasteiger partial charge in [-0.05, 0) is 42.8 Å². The molecule has 2 N–H and O–H groups in total. The van der Waals surface area contributed by atoms with Crippen LogP contribution in [-0.2, 0) is 0 Å². The fraction of sp³-hybridized carbons (Fsp3) is 0.133. The third kappa shape index (κ3) is 3.24. The molecule has 1 amide bonds. The number of benzene rings is 2. The molecule has 0 unspecified atom stereocenters. The highest BCUT2D eigenvalue weighted by Crippen LogP contribution is 2.26. The smallest absolute Gasteiger partial charge is 0.257 e. The number of nitrogens with one attached hydrogen (secondary N) is 2. The molecule has 0 aromatic heterocycles. The van der Waals surface area contributed by atoms with Gasteiger partial charge in [0.2, 0.25) is 0 Å². The van der Waals surface area contributed by atoms with Crippen LogP contribution in [0.15, 0.2) is 36.4 Å². The molecule has 0 atom stereocenters. The summed E-state index contributed by atoms with van der Waals surface area (Å²) in [5.74, 6) is -0.260. The second-order valence-electron chi connectivity index (χ2n) is 4.38. The van der Waals surface area contributed by atoms with Crippen LogP contribution in [0.3, 0.4) is 0 Å². The van der Waals surface area contributed by atoms with Crippen LogP contribution in [0.4, 0.5) is 11.4 Å². The molecular formula is C15H14Cl2N2O. The number of carbonyl (C=O) groups is 1. The zero-order chi connectivity index (χ0) is 14.7. The highest BCUT2D eigenvalue weighted by Gasteiger charge is 2.13. The topological polar surface area (TPSA) is 41.1 Å². The van der Waals surface area contributed by atoms with Crippen LogP contribution >= 0.6 is 23.2 Å². The first-order valence-corrected chi connectivity index (χ1v) is 6.81. The molecule has 0 saturated heterocycles. The van der Waals surface area contributed by atoms with Gasteiger partial charge in [-0.2, -0.15) is 0 Å². The van der Waals surface area contributed by atoms with Crippen LogP contribution in [-0.4, -0.2) is 13.0 Å². The summed E-state index contributed by atoms with van der Waals surface area (Å²) in [7, 11) is 1.75. The number of hydrogen-bond donors (Lipinski definition) is 2. The number of halogens is 2. The van der Waals surface area contributed by atoms with Crippen LogP contribution in [0.1, 0.15) is 15.9 Å². The van der Waals surface area contributed by atoms with Crippen molar-refractivity contribution in [1.29, 1.82) is 0 Å². The Morgan fingerprint density at radius 3 is 2.50 bits per heavy atom. The van der Waals surface area contributed by atoms with Crippen molar-refractivity contribution in [1.82, 2.24) is 0 Å². The Balaban J connectivity index is 2.32. The van der Waals surface area contributed by atoms with E-state index >= 15 is 0 Å². The molecule has 0 aliphatic heterocycles. The number of hydrogen-bond acceptors (Lipinski definition) is 2. The van der Waals surface area contributed by atoms with Crippen molar-refractivity contribution in [3.8, 4) is 0 Å². The van der Waals surface area contributed by atoms with Crippen molar-refractivity contribution in [3.05, 3.63) is 57.6 Å². The van der Waals surface area contributed by atoms with E-state index in [0.29, 0.717) is 27.0 Å². The number of amides is 1. The highest BCUT2D eigenvalue weighted by molar-refractivity contribution is 6.34. The first kappa shape index (κ1) is 14.7. The minimum atomic E-state index is -0.260. The van der Waals surface area contributed by atoms with Gasteiger partial charge in [0, 0.05) is 17.8 Å². The molecule has 20 heavy (non-hydrogen) atoms. The maximum atomic E-state index is 12.3. The van der Waals surface area contributed by atoms with E-state index in [4.69, 9.17) is 23.2 Å². The molecular weight excluding hydrogens is 295 g/mol. The normalized spacial score (nSPS) is 10.2. The molecule has 0 heterocycles. The Bertz CT molecular complexity index is 656. The van der Waals surface area contributed by atoms with E-state index in [2.05, 4.69) is 10.6 Å². The van der Waals surface area contributed by atoms with Gasteiger partial charge in [-0.15, -0.1) is 0 Å². The van der Waals surface area contributed by atoms with Gasteiger partial charge < -0.3 is 10.6 Å². The SMILES string of the molecule is CNc1ccc(Cl)cc1C(=O)Nc1cc(C)ccc1Cl. The van der Waals surface area contributed by atoms with Gasteiger partial charge in [0.25, 0.3) is 5.91 Å². The average molecular weight is 309 g/mol. The lowest BCUT2D eigenvalue weighted by Gasteiger charge is -2.11. The third-order valence-electron chi connectivity index (χ3n) is 2.87. The lowest BCUT2D eigenvalue weighted by atomic mass is 10.1. The van der Waals surface area contributed by atoms with Gasteiger partial charge in [0.15, 0.2) is 0 Å². The van der Waals surface area contributed by atoms with Gasteiger partial charge in [0.05, 0.1) is 16.3 Å². The molecule has 0 bridgehead atoms. The van der Waals surface area contributed by atoms with Gasteiger partial charge in [-0.3, -0.25) is 4.79 Å². The van der Waals surface area contributed by atoms with Crippen LogP contribution in [0.5, 0.6) is 0 Å². The number of aryl methyl sites for hydroxylation is 1. The predicted molar refractivity (Wildman–Crippen MR) is 85.1 cm³/mol. The predicted octanol–water partition coefficient (Wildman–Crippen LogP) is 4.60. The van der Waals surface area contributed by atoms with Crippen molar-refractivity contribution < 1.29 is 4.79 Å². The highest BCUT2D eigenvalue weighted by atomic mass is 35.5. The van der Waals surface area contributed by atoms with Crippen LogP contribution in [0.25, 0.3) is 0 Å². The second-order valence-corrected chi connectivity index (χ2v) is 5.22. The number of anilines is 2. The zero-order valence-electron chi connectivity index (χ0n) is 11.1. The quantitative estimate of drug-likeness (QED) is 0.870. The fourth-order valence-corrected chi connectivity index (χ4v) is 2.18. The Morgan fingerprint density at radius 2 is 1.80 bits per heavy atom. The standard InChI is InChI=1S/C15H14Cl2N2O/c1-9-3-5-12(17)14(7-9)19-15(20)11-8-10(16)4-6-13(11)18-2/h3-8,18H,1-2H3,(H,19,20). The van der Waals surface area contributed by atoms with E-state index in [0.717, 1.165) is 5.56 Å². The summed E-state index contributed by atoms with van der Waals surface area (Å²) < 4.78 is 0. The molecule has 104 valence electrons. The Labute approximate surface area is 127 Å². The van der Waals surface area contributed by atoms with E-state index in [1.165, 1.54) is 0 Å². The molecule has 0 aliphatic rings. The first-order valence-electron chi connectivity index (χ1n) is 6.06. The minimum Gasteiger partial charge on any atom is -0.387 e. The molecule has 0 fully saturated rings. The Hall–Kier alpha value is -1.71. The average Bonchev–Trinajstić information content (AvgIpc) is 2.42. The van der Waals surface area contributed by atoms with Crippen LogP contribution in [0, 0.1) is 6.92 Å². The van der Waals surface area contributed by atoms with E-state index in [1.54, 1.807) is 31.3 Å². The van der Waals surface area contributed by atoms with Crippen molar-refractivity contribution in [3.63, 3.8) is 0 Å². The van der Waals surface area contributed by atoms with Crippen molar-refractivity contribution in [2.75, 3.05) is 17.7 Å². The molecule has 0 saturated carbocycles. The molecule has 2 aromatic rings. The molecule has 0 radical (unpaired) electrons. The first-order chi connectivity index (χ1) is 9.51. The van der Waals surface area contributed by atoms with E-state index in [9.17, 15) is 4.79 Å². The number of carbonyl (C=O) groups excluding carboxylic acids is 1. The monoisotopic (exact) mass is 308 g/mol. The van der Waals surface area contributed by atoms with E-state index in [-0.39, 0.29) is 5.91 Å². The molecule has 5 heteroatoms. The van der Waals surface area contributed by atoms with Gasteiger partial charge in [0.1, 0.15) is 0 Å². The Morgan fingerprint density at radius 1 is 1.05 bits per heavy atom. The molecule has 0 spiro atoms. The number of rotatable bonds is 3. The molecule has 2 rings (SSSR count). The summed E-state index contributed by atoms with van der Waals surface area (Å²) in [4.78, 5) is 12.3. The summed E-state index contributed by atoms with van der Waals surface area (Å²) in [6.07, 6.45) is 0. The van der Waals surface area contributed by atoms with Crippen molar-refractivity contribution in [2.45, 2.75) is 6.92 Å². The minimum absolute atomic E-state index is 0.260. The lowest BCUT2D eigenvalue weighted by molar-refractivity contribution is 0.102. The molecule has 2 aromatic carbocycles. The summed E-state index contributed by atoms with van der Waals surface area (Å²) in [6, 6.07) is 10.6. The summed E-state index contributed by atoms with van der Waals surface area (Å²) in [5.41, 5.74) is 2.77. The largest absolute Gasteiger partial charge is 0.387 e. The van der Waals surface area contributed by atoms with Crippen LogP contribution < -0.4 is 10.6 Å². The van der Waals surface area contributed by atoms with Crippen LogP contribution in [0.2, 0.25) is 10.0 Å². The zero-order valence-corrected chi connectivity index (χ0v) is 12.6. The Kier molecular flexibility index (Phi) is 4.53.